The molecule has 2 aromatic rings. The summed E-state index contributed by atoms with van der Waals surface area (Å²) in [5.41, 5.74) is 3.67. The SMILES string of the molecule is COc1ccc(OC)c(-c2cscn2)c1. The number of nitrogens with zero attached hydrogens (tertiary/aromatic N) is 1. The van der Waals surface area contributed by atoms with Crippen molar-refractivity contribution in [2.24, 2.45) is 0 Å². The van der Waals surface area contributed by atoms with Crippen LogP contribution in [-0.2, 0) is 0 Å². The van der Waals surface area contributed by atoms with Gasteiger partial charge in [0.05, 0.1) is 25.4 Å². The number of benzene rings is 1. The minimum atomic E-state index is 0.804. The highest BCUT2D eigenvalue weighted by atomic mass is 32.1. The van der Waals surface area contributed by atoms with Crippen LogP contribution in [0.5, 0.6) is 11.5 Å². The van der Waals surface area contributed by atoms with Crippen LogP contribution in [0, 0.1) is 0 Å². The summed E-state index contributed by atoms with van der Waals surface area (Å²) in [5, 5.41) is 1.98. The fraction of sp³-hybridized carbons (Fsp3) is 0.182. The van der Waals surface area contributed by atoms with Gasteiger partial charge < -0.3 is 9.47 Å². The zero-order chi connectivity index (χ0) is 10.7. The van der Waals surface area contributed by atoms with E-state index in [0.717, 1.165) is 22.8 Å². The number of methoxy groups -OCH3 is 2. The van der Waals surface area contributed by atoms with Gasteiger partial charge in [-0.2, -0.15) is 0 Å². The fourth-order valence-electron chi connectivity index (χ4n) is 1.36. The predicted molar refractivity (Wildman–Crippen MR) is 60.7 cm³/mol. The molecule has 0 unspecified atom stereocenters. The highest BCUT2D eigenvalue weighted by molar-refractivity contribution is 7.07. The Morgan fingerprint density at radius 3 is 2.67 bits per heavy atom. The molecule has 1 aromatic carbocycles. The smallest absolute Gasteiger partial charge is 0.128 e. The molecule has 0 bridgehead atoms. The lowest BCUT2D eigenvalue weighted by Gasteiger charge is -2.08. The molecule has 0 saturated carbocycles. The van der Waals surface area contributed by atoms with Gasteiger partial charge in [-0.15, -0.1) is 11.3 Å². The van der Waals surface area contributed by atoms with E-state index in [-0.39, 0.29) is 0 Å². The molecular formula is C11H11NO2S. The molecule has 1 aromatic heterocycles. The summed E-state index contributed by atoms with van der Waals surface area (Å²) in [5.74, 6) is 1.61. The van der Waals surface area contributed by atoms with Crippen molar-refractivity contribution in [1.29, 1.82) is 0 Å². The van der Waals surface area contributed by atoms with E-state index in [0.29, 0.717) is 0 Å². The molecular weight excluding hydrogens is 210 g/mol. The van der Waals surface area contributed by atoms with Gasteiger partial charge in [-0.05, 0) is 18.2 Å². The number of hydrogen-bond acceptors (Lipinski definition) is 4. The van der Waals surface area contributed by atoms with Gasteiger partial charge in [-0.3, -0.25) is 0 Å². The van der Waals surface area contributed by atoms with Gasteiger partial charge in [0, 0.05) is 10.9 Å². The highest BCUT2D eigenvalue weighted by Gasteiger charge is 2.08. The van der Waals surface area contributed by atoms with Crippen LogP contribution in [0.1, 0.15) is 0 Å². The first-order valence-electron chi connectivity index (χ1n) is 4.45. The minimum Gasteiger partial charge on any atom is -0.497 e. The van der Waals surface area contributed by atoms with Crippen LogP contribution in [0.4, 0.5) is 0 Å². The van der Waals surface area contributed by atoms with Crippen LogP contribution in [0.25, 0.3) is 11.3 Å². The molecule has 0 spiro atoms. The molecule has 1 heterocycles. The second-order valence-electron chi connectivity index (χ2n) is 2.94. The van der Waals surface area contributed by atoms with Crippen LogP contribution in [0.3, 0.4) is 0 Å². The Kier molecular flexibility index (Phi) is 2.87. The van der Waals surface area contributed by atoms with Gasteiger partial charge in [-0.25, -0.2) is 4.98 Å². The molecule has 0 atom stereocenters. The molecule has 0 saturated heterocycles. The molecule has 0 aliphatic carbocycles. The Hall–Kier alpha value is -1.55. The summed E-state index contributed by atoms with van der Waals surface area (Å²) in [4.78, 5) is 4.25. The average Bonchev–Trinajstić information content (AvgIpc) is 2.81. The van der Waals surface area contributed by atoms with Crippen molar-refractivity contribution in [2.45, 2.75) is 0 Å². The van der Waals surface area contributed by atoms with E-state index in [9.17, 15) is 0 Å². The minimum absolute atomic E-state index is 0.804. The van der Waals surface area contributed by atoms with Gasteiger partial charge in [0.2, 0.25) is 0 Å². The largest absolute Gasteiger partial charge is 0.497 e. The third kappa shape index (κ3) is 1.94. The first-order valence-corrected chi connectivity index (χ1v) is 5.40. The Bertz CT molecular complexity index is 440. The van der Waals surface area contributed by atoms with Crippen LogP contribution in [-0.4, -0.2) is 19.2 Å². The topological polar surface area (TPSA) is 31.4 Å². The summed E-state index contributed by atoms with van der Waals surface area (Å²) in [6, 6.07) is 5.68. The first kappa shape index (κ1) is 9.98. The van der Waals surface area contributed by atoms with Gasteiger partial charge >= 0.3 is 0 Å². The lowest BCUT2D eigenvalue weighted by atomic mass is 10.1. The maximum Gasteiger partial charge on any atom is 0.128 e. The van der Waals surface area contributed by atoms with Crippen LogP contribution in [0.2, 0.25) is 0 Å². The Morgan fingerprint density at radius 1 is 1.20 bits per heavy atom. The predicted octanol–water partition coefficient (Wildman–Crippen LogP) is 2.83. The number of rotatable bonds is 3. The van der Waals surface area contributed by atoms with Gasteiger partial charge in [0.1, 0.15) is 11.5 Å². The fourth-order valence-corrected chi connectivity index (χ4v) is 1.91. The zero-order valence-electron chi connectivity index (χ0n) is 8.56. The van der Waals surface area contributed by atoms with Crippen molar-refractivity contribution in [3.63, 3.8) is 0 Å². The summed E-state index contributed by atoms with van der Waals surface area (Å²) in [6.45, 7) is 0. The van der Waals surface area contributed by atoms with E-state index >= 15 is 0 Å². The van der Waals surface area contributed by atoms with Crippen LogP contribution in [0.15, 0.2) is 29.1 Å². The third-order valence-electron chi connectivity index (χ3n) is 2.11. The van der Waals surface area contributed by atoms with E-state index < -0.39 is 0 Å². The van der Waals surface area contributed by atoms with Gasteiger partial charge in [0.25, 0.3) is 0 Å². The summed E-state index contributed by atoms with van der Waals surface area (Å²) < 4.78 is 10.5. The molecule has 0 amide bonds. The number of ether oxygens (including phenoxy) is 2. The van der Waals surface area contributed by atoms with Crippen LogP contribution >= 0.6 is 11.3 Å². The maximum absolute atomic E-state index is 5.28. The Labute approximate surface area is 92.3 Å². The molecule has 0 aliphatic rings. The van der Waals surface area contributed by atoms with Crippen molar-refractivity contribution in [2.75, 3.05) is 14.2 Å². The van der Waals surface area contributed by atoms with Crippen LogP contribution < -0.4 is 9.47 Å². The summed E-state index contributed by atoms with van der Waals surface area (Å²) >= 11 is 1.56. The van der Waals surface area contributed by atoms with Gasteiger partial charge in [-0.1, -0.05) is 0 Å². The maximum atomic E-state index is 5.28. The number of hydrogen-bond donors (Lipinski definition) is 0. The van der Waals surface area contributed by atoms with E-state index in [1.165, 1.54) is 0 Å². The average molecular weight is 221 g/mol. The van der Waals surface area contributed by atoms with E-state index in [1.54, 1.807) is 31.1 Å². The third-order valence-corrected chi connectivity index (χ3v) is 2.70. The number of thiazole rings is 1. The second-order valence-corrected chi connectivity index (χ2v) is 3.66. The van der Waals surface area contributed by atoms with E-state index in [2.05, 4.69) is 4.98 Å². The van der Waals surface area contributed by atoms with E-state index in [1.807, 2.05) is 23.6 Å². The number of aromatic nitrogens is 1. The Balaban J connectivity index is 2.52. The molecule has 0 aliphatic heterocycles. The van der Waals surface area contributed by atoms with Crippen molar-refractivity contribution >= 4 is 11.3 Å². The molecule has 2 rings (SSSR count). The first-order chi connectivity index (χ1) is 7.35. The molecule has 78 valence electrons. The molecule has 15 heavy (non-hydrogen) atoms. The van der Waals surface area contributed by atoms with Crippen molar-refractivity contribution in [3.8, 4) is 22.8 Å². The molecule has 0 radical (unpaired) electrons. The standard InChI is InChI=1S/C11H11NO2S/c1-13-8-3-4-11(14-2)9(5-8)10-6-15-7-12-10/h3-7H,1-2H3. The normalized spacial score (nSPS) is 10.0. The molecule has 0 fully saturated rings. The monoisotopic (exact) mass is 221 g/mol. The quantitative estimate of drug-likeness (QED) is 0.798. The molecule has 4 heteroatoms. The molecule has 0 N–H and O–H groups in total. The lowest BCUT2D eigenvalue weighted by Crippen LogP contribution is -1.90. The Morgan fingerprint density at radius 2 is 2.07 bits per heavy atom. The zero-order valence-corrected chi connectivity index (χ0v) is 9.38. The van der Waals surface area contributed by atoms with Crippen molar-refractivity contribution in [3.05, 3.63) is 29.1 Å². The van der Waals surface area contributed by atoms with E-state index in [4.69, 9.17) is 9.47 Å². The second kappa shape index (κ2) is 4.31. The molecule has 3 nitrogen and oxygen atoms in total. The summed E-state index contributed by atoms with van der Waals surface area (Å²) in [6.07, 6.45) is 0. The lowest BCUT2D eigenvalue weighted by molar-refractivity contribution is 0.404. The van der Waals surface area contributed by atoms with Crippen molar-refractivity contribution in [1.82, 2.24) is 4.98 Å². The van der Waals surface area contributed by atoms with Crippen molar-refractivity contribution < 1.29 is 9.47 Å². The summed E-state index contributed by atoms with van der Waals surface area (Å²) in [7, 11) is 3.30. The highest BCUT2D eigenvalue weighted by Crippen LogP contribution is 2.32. The van der Waals surface area contributed by atoms with Gasteiger partial charge in [0.15, 0.2) is 0 Å².